The zero-order valence-electron chi connectivity index (χ0n) is 11.5. The molecule has 19 heavy (non-hydrogen) atoms. The lowest BCUT2D eigenvalue weighted by Gasteiger charge is -2.17. The van der Waals surface area contributed by atoms with Crippen molar-refractivity contribution in [2.24, 2.45) is 5.73 Å². The van der Waals surface area contributed by atoms with Crippen molar-refractivity contribution in [3.8, 4) is 0 Å². The van der Waals surface area contributed by atoms with Crippen molar-refractivity contribution in [3.63, 3.8) is 0 Å². The van der Waals surface area contributed by atoms with E-state index in [0.717, 1.165) is 13.0 Å². The minimum atomic E-state index is -0.612. The van der Waals surface area contributed by atoms with Gasteiger partial charge < -0.3 is 16.0 Å². The molecule has 1 heterocycles. The summed E-state index contributed by atoms with van der Waals surface area (Å²) in [7, 11) is 2.07. The first-order valence-electron chi connectivity index (χ1n) is 6.45. The highest BCUT2D eigenvalue weighted by Crippen LogP contribution is 2.25. The van der Waals surface area contributed by atoms with E-state index in [0.29, 0.717) is 17.3 Å². The Morgan fingerprint density at radius 1 is 1.53 bits per heavy atom. The monoisotopic (exact) mass is 265 g/mol. The number of nitrogens with one attached hydrogen (secondary N) is 1. The number of nitrogens with zero attached hydrogens (tertiary/aromatic N) is 1. The smallest absolute Gasteiger partial charge is 0.248 e. The van der Waals surface area contributed by atoms with Gasteiger partial charge in [-0.3, -0.25) is 4.79 Å². The molecule has 0 aromatic heterocycles. The van der Waals surface area contributed by atoms with Crippen molar-refractivity contribution in [3.05, 3.63) is 29.1 Å². The summed E-state index contributed by atoms with van der Waals surface area (Å²) in [4.78, 5) is 13.4. The van der Waals surface area contributed by atoms with Crippen LogP contribution in [0.25, 0.3) is 0 Å². The quantitative estimate of drug-likeness (QED) is 0.875. The highest BCUT2D eigenvalue weighted by atomic mass is 19.1. The van der Waals surface area contributed by atoms with Crippen molar-refractivity contribution in [2.45, 2.75) is 32.4 Å². The van der Waals surface area contributed by atoms with Crippen molar-refractivity contribution >= 4 is 11.6 Å². The number of primary amides is 1. The van der Waals surface area contributed by atoms with Gasteiger partial charge in [-0.15, -0.1) is 0 Å². The van der Waals surface area contributed by atoms with Crippen molar-refractivity contribution < 1.29 is 9.18 Å². The second-order valence-corrected chi connectivity index (χ2v) is 5.36. The van der Waals surface area contributed by atoms with Crippen molar-refractivity contribution in [1.82, 2.24) is 4.90 Å². The molecule has 1 fully saturated rings. The number of rotatable bonds is 3. The maximum Gasteiger partial charge on any atom is 0.248 e. The van der Waals surface area contributed by atoms with E-state index in [-0.39, 0.29) is 11.6 Å². The third kappa shape index (κ3) is 2.87. The number of likely N-dealkylation sites (tertiary alicyclic amines) is 1. The Hall–Kier alpha value is -1.62. The van der Waals surface area contributed by atoms with Crippen LogP contribution in [0, 0.1) is 12.7 Å². The Kier molecular flexibility index (Phi) is 3.75. The van der Waals surface area contributed by atoms with Crippen LogP contribution in [0.1, 0.15) is 29.3 Å². The predicted molar refractivity (Wildman–Crippen MR) is 73.8 cm³/mol. The van der Waals surface area contributed by atoms with E-state index in [1.54, 1.807) is 13.0 Å². The Morgan fingerprint density at radius 3 is 2.74 bits per heavy atom. The van der Waals surface area contributed by atoms with Crippen LogP contribution in [-0.2, 0) is 0 Å². The molecular formula is C14H20FN3O. The number of anilines is 1. The standard InChI is InChI=1S/C14H20FN3O/c1-8-4-11(7-18(8)3)17-13-6-10(14(16)19)5-12(15)9(13)2/h5-6,8,11,17H,4,7H2,1-3H3,(H2,16,19). The first-order valence-corrected chi connectivity index (χ1v) is 6.45. The molecule has 1 amide bonds. The number of carbonyl (C=O) groups is 1. The molecule has 2 unspecified atom stereocenters. The molecule has 1 aromatic carbocycles. The minimum absolute atomic E-state index is 0.199. The lowest BCUT2D eigenvalue weighted by atomic mass is 10.1. The summed E-state index contributed by atoms with van der Waals surface area (Å²) in [6, 6.07) is 3.58. The zero-order chi connectivity index (χ0) is 14.2. The molecule has 3 N–H and O–H groups in total. The number of hydrogen-bond acceptors (Lipinski definition) is 3. The molecule has 1 aliphatic heterocycles. The molecule has 1 aromatic rings. The molecule has 104 valence electrons. The van der Waals surface area contributed by atoms with E-state index in [4.69, 9.17) is 5.73 Å². The average Bonchev–Trinajstić information content (AvgIpc) is 2.63. The van der Waals surface area contributed by atoms with E-state index in [2.05, 4.69) is 24.2 Å². The molecule has 2 rings (SSSR count). The lowest BCUT2D eigenvalue weighted by Crippen LogP contribution is -2.25. The fraction of sp³-hybridized carbons (Fsp3) is 0.500. The van der Waals surface area contributed by atoms with Crippen LogP contribution in [0.3, 0.4) is 0 Å². The third-order valence-electron chi connectivity index (χ3n) is 3.87. The van der Waals surface area contributed by atoms with Crippen LogP contribution in [0.15, 0.2) is 12.1 Å². The van der Waals surface area contributed by atoms with Gasteiger partial charge in [-0.1, -0.05) is 0 Å². The number of amides is 1. The predicted octanol–water partition coefficient (Wildman–Crippen LogP) is 1.74. The van der Waals surface area contributed by atoms with E-state index in [9.17, 15) is 9.18 Å². The van der Waals surface area contributed by atoms with E-state index in [1.165, 1.54) is 6.07 Å². The van der Waals surface area contributed by atoms with Gasteiger partial charge in [-0.05, 0) is 39.4 Å². The molecule has 5 heteroatoms. The summed E-state index contributed by atoms with van der Waals surface area (Å²) in [6.07, 6.45) is 0.998. The number of halogens is 1. The maximum atomic E-state index is 13.8. The van der Waals surface area contributed by atoms with Crippen molar-refractivity contribution in [1.29, 1.82) is 0 Å². The molecule has 4 nitrogen and oxygen atoms in total. The molecule has 1 aliphatic rings. The van der Waals surface area contributed by atoms with Crippen LogP contribution in [0.2, 0.25) is 0 Å². The Morgan fingerprint density at radius 2 is 2.21 bits per heavy atom. The van der Waals surface area contributed by atoms with Crippen LogP contribution in [-0.4, -0.2) is 36.5 Å². The topological polar surface area (TPSA) is 58.4 Å². The molecule has 0 saturated carbocycles. The average molecular weight is 265 g/mol. The van der Waals surface area contributed by atoms with Gasteiger partial charge in [0.05, 0.1) is 0 Å². The molecule has 1 saturated heterocycles. The number of hydrogen-bond donors (Lipinski definition) is 2. The Bertz CT molecular complexity index is 494. The van der Waals surface area contributed by atoms with Gasteiger partial charge in [0.15, 0.2) is 0 Å². The first kappa shape index (κ1) is 13.8. The maximum absolute atomic E-state index is 13.8. The van der Waals surface area contributed by atoms with Gasteiger partial charge in [-0.25, -0.2) is 4.39 Å². The number of carbonyl (C=O) groups excluding carboxylic acids is 1. The van der Waals surface area contributed by atoms with Gasteiger partial charge >= 0.3 is 0 Å². The molecule has 2 atom stereocenters. The Labute approximate surface area is 112 Å². The normalized spacial score (nSPS) is 23.6. The second-order valence-electron chi connectivity index (χ2n) is 5.36. The Balaban J connectivity index is 2.22. The van der Waals surface area contributed by atoms with E-state index < -0.39 is 11.7 Å². The van der Waals surface area contributed by atoms with Crippen LogP contribution < -0.4 is 11.1 Å². The highest BCUT2D eigenvalue weighted by molar-refractivity contribution is 5.94. The molecule has 0 aliphatic carbocycles. The molecular weight excluding hydrogens is 245 g/mol. The van der Waals surface area contributed by atoms with Gasteiger partial charge in [0.25, 0.3) is 0 Å². The molecule has 0 spiro atoms. The fourth-order valence-corrected chi connectivity index (χ4v) is 2.49. The van der Waals surface area contributed by atoms with Crippen LogP contribution in [0.4, 0.5) is 10.1 Å². The summed E-state index contributed by atoms with van der Waals surface area (Å²) >= 11 is 0. The first-order chi connectivity index (χ1) is 8.88. The van der Waals surface area contributed by atoms with Gasteiger partial charge in [-0.2, -0.15) is 0 Å². The summed E-state index contributed by atoms with van der Waals surface area (Å²) in [5.74, 6) is -1.02. The zero-order valence-corrected chi connectivity index (χ0v) is 11.5. The van der Waals surface area contributed by atoms with E-state index >= 15 is 0 Å². The second kappa shape index (κ2) is 5.17. The number of likely N-dealkylation sites (N-methyl/N-ethyl adjacent to an activating group) is 1. The summed E-state index contributed by atoms with van der Waals surface area (Å²) < 4.78 is 13.8. The van der Waals surface area contributed by atoms with Crippen LogP contribution in [0.5, 0.6) is 0 Å². The number of nitrogens with two attached hydrogens (primary N) is 1. The van der Waals surface area contributed by atoms with Gasteiger partial charge in [0.1, 0.15) is 5.82 Å². The van der Waals surface area contributed by atoms with E-state index in [1.807, 2.05) is 0 Å². The molecule has 0 bridgehead atoms. The minimum Gasteiger partial charge on any atom is -0.381 e. The fourth-order valence-electron chi connectivity index (χ4n) is 2.49. The summed E-state index contributed by atoms with van der Waals surface area (Å²) in [6.45, 7) is 4.77. The highest BCUT2D eigenvalue weighted by Gasteiger charge is 2.26. The third-order valence-corrected chi connectivity index (χ3v) is 3.87. The largest absolute Gasteiger partial charge is 0.381 e. The van der Waals surface area contributed by atoms with Crippen molar-refractivity contribution in [2.75, 3.05) is 18.9 Å². The summed E-state index contributed by atoms with van der Waals surface area (Å²) in [5.41, 5.74) is 6.59. The summed E-state index contributed by atoms with van der Waals surface area (Å²) in [5, 5.41) is 3.32. The SMILES string of the molecule is Cc1c(F)cc(C(N)=O)cc1NC1CC(C)N(C)C1. The van der Waals surface area contributed by atoms with Gasteiger partial charge in [0.2, 0.25) is 5.91 Å². The number of benzene rings is 1. The molecule has 0 radical (unpaired) electrons. The van der Waals surface area contributed by atoms with Crippen LogP contribution >= 0.6 is 0 Å². The van der Waals surface area contributed by atoms with Gasteiger partial charge in [0, 0.05) is 35.4 Å². The lowest BCUT2D eigenvalue weighted by molar-refractivity contribution is 0.1000.